The first-order valence-corrected chi connectivity index (χ1v) is 6.67. The SMILES string of the molecule is COc1ccc(C2CCCc3cccnc32)cc1N. The zero-order chi connectivity index (χ0) is 13.2. The van der Waals surface area contributed by atoms with Crippen LogP contribution in [0.25, 0.3) is 0 Å². The van der Waals surface area contributed by atoms with Crippen molar-refractivity contribution in [2.24, 2.45) is 0 Å². The Balaban J connectivity index is 2.02. The van der Waals surface area contributed by atoms with Gasteiger partial charge in [0.25, 0.3) is 0 Å². The van der Waals surface area contributed by atoms with Crippen LogP contribution >= 0.6 is 0 Å². The third-order valence-corrected chi connectivity index (χ3v) is 3.85. The van der Waals surface area contributed by atoms with E-state index in [9.17, 15) is 0 Å². The number of hydrogen-bond acceptors (Lipinski definition) is 3. The number of fused-ring (bicyclic) bond motifs is 1. The van der Waals surface area contributed by atoms with Crippen molar-refractivity contribution >= 4 is 5.69 Å². The van der Waals surface area contributed by atoms with Gasteiger partial charge in [0.2, 0.25) is 0 Å². The molecular weight excluding hydrogens is 236 g/mol. The molecule has 0 saturated heterocycles. The molecule has 3 heteroatoms. The molecule has 0 aliphatic heterocycles. The molecule has 1 atom stereocenters. The van der Waals surface area contributed by atoms with Crippen molar-refractivity contribution in [2.45, 2.75) is 25.2 Å². The van der Waals surface area contributed by atoms with Crippen LogP contribution in [0, 0.1) is 0 Å². The lowest BCUT2D eigenvalue weighted by Crippen LogP contribution is -2.13. The first kappa shape index (κ1) is 12.0. The van der Waals surface area contributed by atoms with E-state index in [2.05, 4.69) is 17.1 Å². The molecule has 3 nitrogen and oxygen atoms in total. The van der Waals surface area contributed by atoms with Gasteiger partial charge in [-0.15, -0.1) is 0 Å². The Bertz CT molecular complexity index is 595. The third-order valence-electron chi connectivity index (χ3n) is 3.85. The van der Waals surface area contributed by atoms with Gasteiger partial charge in [0.1, 0.15) is 5.75 Å². The second-order valence-corrected chi connectivity index (χ2v) is 4.99. The monoisotopic (exact) mass is 254 g/mol. The molecule has 3 rings (SSSR count). The van der Waals surface area contributed by atoms with E-state index in [-0.39, 0.29) is 0 Å². The molecule has 1 aromatic carbocycles. The van der Waals surface area contributed by atoms with E-state index >= 15 is 0 Å². The third kappa shape index (κ3) is 2.16. The van der Waals surface area contributed by atoms with Crippen LogP contribution in [0.2, 0.25) is 0 Å². The number of aromatic nitrogens is 1. The van der Waals surface area contributed by atoms with Gasteiger partial charge in [-0.3, -0.25) is 4.98 Å². The largest absolute Gasteiger partial charge is 0.495 e. The van der Waals surface area contributed by atoms with Gasteiger partial charge in [0, 0.05) is 12.1 Å². The number of pyridine rings is 1. The van der Waals surface area contributed by atoms with Crippen molar-refractivity contribution in [3.8, 4) is 5.75 Å². The van der Waals surface area contributed by atoms with E-state index in [1.165, 1.54) is 23.2 Å². The summed E-state index contributed by atoms with van der Waals surface area (Å²) in [6.07, 6.45) is 5.35. The summed E-state index contributed by atoms with van der Waals surface area (Å²) in [5, 5.41) is 0. The molecule has 1 aliphatic carbocycles. The fraction of sp³-hybridized carbons (Fsp3) is 0.312. The molecule has 0 fully saturated rings. The Morgan fingerprint density at radius 1 is 1.32 bits per heavy atom. The number of methoxy groups -OCH3 is 1. The van der Waals surface area contributed by atoms with Crippen molar-refractivity contribution in [1.29, 1.82) is 0 Å². The van der Waals surface area contributed by atoms with E-state index in [4.69, 9.17) is 10.5 Å². The molecule has 1 aliphatic rings. The molecule has 19 heavy (non-hydrogen) atoms. The standard InChI is InChI=1S/C16H18N2O/c1-19-15-8-7-12(10-14(15)17)13-6-2-4-11-5-3-9-18-16(11)13/h3,5,7-10,13H,2,4,6,17H2,1H3. The van der Waals surface area contributed by atoms with Gasteiger partial charge in [0.05, 0.1) is 18.5 Å². The quantitative estimate of drug-likeness (QED) is 0.837. The molecule has 98 valence electrons. The predicted molar refractivity (Wildman–Crippen MR) is 76.4 cm³/mol. The lowest BCUT2D eigenvalue weighted by atomic mass is 9.82. The molecular formula is C16H18N2O. The second kappa shape index (κ2) is 4.92. The number of nitrogens with two attached hydrogens (primary N) is 1. The molecule has 1 unspecified atom stereocenters. The van der Waals surface area contributed by atoms with Crippen LogP contribution in [0.3, 0.4) is 0 Å². The van der Waals surface area contributed by atoms with Gasteiger partial charge in [-0.25, -0.2) is 0 Å². The molecule has 1 aromatic heterocycles. The van der Waals surface area contributed by atoms with Crippen molar-refractivity contribution in [3.63, 3.8) is 0 Å². The van der Waals surface area contributed by atoms with Crippen molar-refractivity contribution in [2.75, 3.05) is 12.8 Å². The van der Waals surface area contributed by atoms with Crippen molar-refractivity contribution in [3.05, 3.63) is 53.3 Å². The van der Waals surface area contributed by atoms with E-state index in [0.717, 1.165) is 18.6 Å². The molecule has 0 radical (unpaired) electrons. The smallest absolute Gasteiger partial charge is 0.141 e. The lowest BCUT2D eigenvalue weighted by molar-refractivity contribution is 0.416. The molecule has 0 amide bonds. The van der Waals surface area contributed by atoms with Crippen LogP contribution in [-0.4, -0.2) is 12.1 Å². The maximum Gasteiger partial charge on any atom is 0.141 e. The Labute approximate surface area is 113 Å². The fourth-order valence-corrected chi connectivity index (χ4v) is 2.90. The van der Waals surface area contributed by atoms with E-state index < -0.39 is 0 Å². The highest BCUT2D eigenvalue weighted by Crippen LogP contribution is 2.37. The minimum atomic E-state index is 0.359. The molecule has 2 aromatic rings. The number of nitrogen functional groups attached to an aromatic ring is 1. The van der Waals surface area contributed by atoms with Crippen molar-refractivity contribution in [1.82, 2.24) is 4.98 Å². The normalized spacial score (nSPS) is 17.8. The van der Waals surface area contributed by atoms with Crippen LogP contribution < -0.4 is 10.5 Å². The molecule has 0 spiro atoms. The minimum Gasteiger partial charge on any atom is -0.495 e. The lowest BCUT2D eigenvalue weighted by Gasteiger charge is -2.25. The molecule has 2 N–H and O–H groups in total. The average Bonchev–Trinajstić information content (AvgIpc) is 2.46. The summed E-state index contributed by atoms with van der Waals surface area (Å²) < 4.78 is 5.22. The van der Waals surface area contributed by atoms with Crippen LogP contribution in [0.5, 0.6) is 5.75 Å². The average molecular weight is 254 g/mol. The summed E-state index contributed by atoms with van der Waals surface area (Å²) in [6.45, 7) is 0. The van der Waals surface area contributed by atoms with Gasteiger partial charge in [0.15, 0.2) is 0 Å². The van der Waals surface area contributed by atoms with Crippen LogP contribution in [-0.2, 0) is 6.42 Å². The molecule has 1 heterocycles. The predicted octanol–water partition coefficient (Wildman–Crippen LogP) is 3.14. The summed E-state index contributed by atoms with van der Waals surface area (Å²) in [6, 6.07) is 10.3. The van der Waals surface area contributed by atoms with Gasteiger partial charge in [-0.05, 0) is 48.6 Å². The number of anilines is 1. The zero-order valence-corrected chi connectivity index (χ0v) is 11.1. The summed E-state index contributed by atoms with van der Waals surface area (Å²) >= 11 is 0. The van der Waals surface area contributed by atoms with E-state index in [0.29, 0.717) is 11.6 Å². The van der Waals surface area contributed by atoms with Gasteiger partial charge in [-0.1, -0.05) is 12.1 Å². The highest BCUT2D eigenvalue weighted by atomic mass is 16.5. The highest BCUT2D eigenvalue weighted by molar-refractivity contribution is 5.55. The van der Waals surface area contributed by atoms with Gasteiger partial charge < -0.3 is 10.5 Å². The van der Waals surface area contributed by atoms with Crippen molar-refractivity contribution < 1.29 is 4.74 Å². The van der Waals surface area contributed by atoms with Gasteiger partial charge >= 0.3 is 0 Å². The summed E-state index contributed by atoms with van der Waals surface area (Å²) in [4.78, 5) is 4.58. The first-order chi connectivity index (χ1) is 9.29. The summed E-state index contributed by atoms with van der Waals surface area (Å²) in [7, 11) is 1.64. The Morgan fingerprint density at radius 2 is 2.21 bits per heavy atom. The maximum atomic E-state index is 6.01. The summed E-state index contributed by atoms with van der Waals surface area (Å²) in [5.41, 5.74) is 10.5. The zero-order valence-electron chi connectivity index (χ0n) is 11.1. The second-order valence-electron chi connectivity index (χ2n) is 4.99. The number of ether oxygens (including phenoxy) is 1. The van der Waals surface area contributed by atoms with Crippen LogP contribution in [0.4, 0.5) is 5.69 Å². The Morgan fingerprint density at radius 3 is 3.00 bits per heavy atom. The molecule has 0 saturated carbocycles. The van der Waals surface area contributed by atoms with E-state index in [1.54, 1.807) is 7.11 Å². The van der Waals surface area contributed by atoms with Gasteiger partial charge in [-0.2, -0.15) is 0 Å². The minimum absolute atomic E-state index is 0.359. The summed E-state index contributed by atoms with van der Waals surface area (Å²) in [5.74, 6) is 1.10. The van der Waals surface area contributed by atoms with Crippen LogP contribution in [0.15, 0.2) is 36.5 Å². The van der Waals surface area contributed by atoms with Crippen LogP contribution in [0.1, 0.15) is 35.6 Å². The fourth-order valence-electron chi connectivity index (χ4n) is 2.90. The van der Waals surface area contributed by atoms with E-state index in [1.807, 2.05) is 24.4 Å². The topological polar surface area (TPSA) is 48.1 Å². The number of rotatable bonds is 2. The Hall–Kier alpha value is -2.03. The highest BCUT2D eigenvalue weighted by Gasteiger charge is 2.23. The number of benzene rings is 1. The molecule has 0 bridgehead atoms. The number of hydrogen-bond donors (Lipinski definition) is 1. The Kier molecular flexibility index (Phi) is 3.11. The number of aryl methyl sites for hydroxylation is 1. The first-order valence-electron chi connectivity index (χ1n) is 6.67. The number of nitrogens with zero attached hydrogens (tertiary/aromatic N) is 1. The maximum absolute atomic E-state index is 6.01.